The largest absolute Gasteiger partial charge is 0.334 e. The van der Waals surface area contributed by atoms with Crippen LogP contribution in [0.4, 0.5) is 0 Å². The van der Waals surface area contributed by atoms with E-state index in [1.165, 1.54) is 5.01 Å². The number of hydrogen-bond acceptors (Lipinski definition) is 6. The zero-order valence-electron chi connectivity index (χ0n) is 11.1. The highest BCUT2D eigenvalue weighted by Crippen LogP contribution is 2.39. The summed E-state index contributed by atoms with van der Waals surface area (Å²) in [7, 11) is 1.55. The van der Waals surface area contributed by atoms with Gasteiger partial charge in [-0.05, 0) is 6.92 Å². The third-order valence-corrected chi connectivity index (χ3v) is 3.80. The second kappa shape index (κ2) is 6.51. The Labute approximate surface area is 150 Å². The molecule has 1 aromatic rings. The molecule has 120 valence electrons. The smallest absolute Gasteiger partial charge is 0.287 e. The zero-order chi connectivity index (χ0) is 16.7. The lowest BCUT2D eigenvalue weighted by Gasteiger charge is -2.11. The van der Waals surface area contributed by atoms with E-state index in [1.807, 2.05) is 0 Å². The number of halogens is 5. The van der Waals surface area contributed by atoms with Crippen LogP contribution >= 0.6 is 58.0 Å². The van der Waals surface area contributed by atoms with Crippen molar-refractivity contribution in [3.8, 4) is 5.88 Å². The Kier molecular flexibility index (Phi) is 5.26. The topological polar surface area (TPSA) is 79.7 Å². The van der Waals surface area contributed by atoms with Gasteiger partial charge in [-0.1, -0.05) is 63.2 Å². The average molecular weight is 407 g/mol. The average Bonchev–Trinajstić information content (AvgIpc) is 2.64. The van der Waals surface area contributed by atoms with Gasteiger partial charge >= 0.3 is 0 Å². The molecular formula is C10H8Cl5N5O2. The molecule has 1 aromatic heterocycles. The quantitative estimate of drug-likeness (QED) is 0.463. The Balaban J connectivity index is 2.34. The molecule has 22 heavy (non-hydrogen) atoms. The van der Waals surface area contributed by atoms with Gasteiger partial charge in [0, 0.05) is 7.05 Å². The fraction of sp³-hybridized carbons (Fsp3) is 0.400. The number of rotatable bonds is 2. The fourth-order valence-corrected chi connectivity index (χ4v) is 2.10. The lowest BCUT2D eigenvalue weighted by Crippen LogP contribution is -2.32. The van der Waals surface area contributed by atoms with Gasteiger partial charge < -0.3 is 4.84 Å². The van der Waals surface area contributed by atoms with E-state index in [2.05, 4.69) is 20.5 Å². The van der Waals surface area contributed by atoms with Crippen molar-refractivity contribution in [2.24, 2.45) is 5.16 Å². The lowest BCUT2D eigenvalue weighted by molar-refractivity contribution is -0.123. The second-order valence-electron chi connectivity index (χ2n) is 4.24. The number of alkyl halides is 3. The molecule has 1 unspecified atom stereocenters. The number of hydrazine groups is 1. The molecule has 12 heteroatoms. The van der Waals surface area contributed by atoms with Gasteiger partial charge in [-0.3, -0.25) is 9.80 Å². The van der Waals surface area contributed by atoms with E-state index in [-0.39, 0.29) is 39.5 Å². The molecule has 1 saturated heterocycles. The monoisotopic (exact) mass is 405 g/mol. The third-order valence-electron chi connectivity index (χ3n) is 2.59. The molecule has 1 atom stereocenters. The van der Waals surface area contributed by atoms with Crippen LogP contribution in [0.5, 0.6) is 5.88 Å². The molecule has 1 N–H and O–H groups in total. The van der Waals surface area contributed by atoms with Crippen LogP contribution in [-0.2, 0) is 8.59 Å². The van der Waals surface area contributed by atoms with Crippen molar-refractivity contribution >= 4 is 69.6 Å². The molecule has 1 amide bonds. The number of carbonyl (C=O) groups excluding carboxylic acids is 1. The summed E-state index contributed by atoms with van der Waals surface area (Å²) in [5.41, 5.74) is 2.96. The fourth-order valence-electron chi connectivity index (χ4n) is 1.57. The Morgan fingerprint density at radius 2 is 1.95 bits per heavy atom. The van der Waals surface area contributed by atoms with Crippen molar-refractivity contribution in [1.82, 2.24) is 20.4 Å². The van der Waals surface area contributed by atoms with Gasteiger partial charge in [0.2, 0.25) is 3.79 Å². The van der Waals surface area contributed by atoms with E-state index in [9.17, 15) is 4.79 Å². The normalized spacial score (nSPS) is 20.9. The summed E-state index contributed by atoms with van der Waals surface area (Å²) >= 11 is 28.8. The van der Waals surface area contributed by atoms with E-state index < -0.39 is 3.79 Å². The minimum absolute atomic E-state index is 0.122. The number of hydrogen-bond donors (Lipinski definition) is 1. The van der Waals surface area contributed by atoms with E-state index in [0.29, 0.717) is 0 Å². The molecule has 0 saturated carbocycles. The summed E-state index contributed by atoms with van der Waals surface area (Å²) in [5, 5.41) is 4.71. The first-order valence-corrected chi connectivity index (χ1v) is 7.59. The Hall–Kier alpha value is -0.570. The van der Waals surface area contributed by atoms with Crippen LogP contribution in [0, 0.1) is 0 Å². The van der Waals surface area contributed by atoms with Crippen LogP contribution in [0.2, 0.25) is 10.2 Å². The van der Waals surface area contributed by atoms with Crippen molar-refractivity contribution in [2.75, 3.05) is 7.05 Å². The van der Waals surface area contributed by atoms with Crippen LogP contribution in [0.15, 0.2) is 5.16 Å². The Morgan fingerprint density at radius 3 is 2.45 bits per heavy atom. The van der Waals surface area contributed by atoms with E-state index in [1.54, 1.807) is 14.0 Å². The van der Waals surface area contributed by atoms with Gasteiger partial charge in [0.1, 0.15) is 5.02 Å². The predicted octanol–water partition coefficient (Wildman–Crippen LogP) is 2.71. The number of carbonyl (C=O) groups is 1. The highest BCUT2D eigenvalue weighted by atomic mass is 35.6. The second-order valence-corrected chi connectivity index (χ2v) is 7.25. The first kappa shape index (κ1) is 17.8. The summed E-state index contributed by atoms with van der Waals surface area (Å²) in [6.07, 6.45) is 0. The van der Waals surface area contributed by atoms with Crippen molar-refractivity contribution in [1.29, 1.82) is 0 Å². The summed E-state index contributed by atoms with van der Waals surface area (Å²) in [5.74, 6) is -0.821. The molecule has 1 fully saturated rings. The maximum atomic E-state index is 11.8. The number of nitrogens with zero attached hydrogens (tertiary/aromatic N) is 4. The van der Waals surface area contributed by atoms with Gasteiger partial charge in [-0.15, -0.1) is 0 Å². The standard InChI is InChI=1S/C10H8Cl5N5O2/c1-3-5(8(21)20(2)18-3)19-22-7-4(11)6(12)16-9(17-7)10(13,14)15/h3,18H,1-2H3. The van der Waals surface area contributed by atoms with Crippen LogP contribution in [0.25, 0.3) is 0 Å². The Bertz CT molecular complexity index is 647. The maximum absolute atomic E-state index is 11.8. The highest BCUT2D eigenvalue weighted by Gasteiger charge is 2.33. The predicted molar refractivity (Wildman–Crippen MR) is 84.7 cm³/mol. The molecule has 0 radical (unpaired) electrons. The summed E-state index contributed by atoms with van der Waals surface area (Å²) in [6.45, 7) is 1.73. The number of aromatic nitrogens is 2. The molecule has 1 aliphatic heterocycles. The van der Waals surface area contributed by atoms with Crippen LogP contribution < -0.4 is 10.3 Å². The van der Waals surface area contributed by atoms with E-state index in [4.69, 9.17) is 62.8 Å². The van der Waals surface area contributed by atoms with Crippen LogP contribution in [-0.4, -0.2) is 39.7 Å². The van der Waals surface area contributed by atoms with Gasteiger partial charge in [-0.25, -0.2) is 10.4 Å². The summed E-state index contributed by atoms with van der Waals surface area (Å²) in [4.78, 5) is 24.5. The maximum Gasteiger partial charge on any atom is 0.287 e. The number of amides is 1. The SMILES string of the molecule is CC1NN(C)C(=O)C1=NOc1nc(C(Cl)(Cl)Cl)nc(Cl)c1Cl. The molecule has 0 aliphatic carbocycles. The molecule has 0 spiro atoms. The lowest BCUT2D eigenvalue weighted by atomic mass is 10.2. The highest BCUT2D eigenvalue weighted by molar-refractivity contribution is 6.66. The molecule has 0 bridgehead atoms. The third kappa shape index (κ3) is 3.67. The zero-order valence-corrected chi connectivity index (χ0v) is 14.9. The minimum Gasteiger partial charge on any atom is -0.334 e. The minimum atomic E-state index is -1.92. The Morgan fingerprint density at radius 1 is 1.32 bits per heavy atom. The van der Waals surface area contributed by atoms with Gasteiger partial charge in [0.25, 0.3) is 11.8 Å². The summed E-state index contributed by atoms with van der Waals surface area (Å²) in [6, 6.07) is -0.346. The molecule has 2 heterocycles. The van der Waals surface area contributed by atoms with E-state index >= 15 is 0 Å². The van der Waals surface area contributed by atoms with Gasteiger partial charge in [0.15, 0.2) is 16.7 Å². The van der Waals surface area contributed by atoms with E-state index in [0.717, 1.165) is 0 Å². The first-order chi connectivity index (χ1) is 10.1. The van der Waals surface area contributed by atoms with Crippen molar-refractivity contribution in [3.05, 3.63) is 16.0 Å². The van der Waals surface area contributed by atoms with Gasteiger partial charge in [0.05, 0.1) is 6.04 Å². The van der Waals surface area contributed by atoms with Crippen LogP contribution in [0.1, 0.15) is 12.7 Å². The van der Waals surface area contributed by atoms with Crippen molar-refractivity contribution < 1.29 is 9.63 Å². The number of oxime groups is 1. The molecule has 2 rings (SSSR count). The van der Waals surface area contributed by atoms with Crippen molar-refractivity contribution in [2.45, 2.75) is 16.8 Å². The molecule has 7 nitrogen and oxygen atoms in total. The number of nitrogens with one attached hydrogen (secondary N) is 1. The molecule has 1 aliphatic rings. The first-order valence-electron chi connectivity index (χ1n) is 5.70. The summed E-state index contributed by atoms with van der Waals surface area (Å²) < 4.78 is -1.92. The molecule has 0 aromatic carbocycles. The van der Waals surface area contributed by atoms with Gasteiger partial charge in [-0.2, -0.15) is 4.98 Å². The van der Waals surface area contributed by atoms with Crippen molar-refractivity contribution in [3.63, 3.8) is 0 Å². The van der Waals surface area contributed by atoms with Crippen LogP contribution in [0.3, 0.4) is 0 Å². The molecular weight excluding hydrogens is 399 g/mol.